The number of hydrogen-bond donors (Lipinski definition) is 0. The van der Waals surface area contributed by atoms with Crippen LogP contribution in [0.15, 0.2) is 121 Å². The molecule has 5 heteroatoms. The fraction of sp³-hybridized carbons (Fsp3) is 0.351. The molecule has 0 N–H and O–H groups in total. The fourth-order valence-electron chi connectivity index (χ4n) is 6.81. The van der Waals surface area contributed by atoms with Gasteiger partial charge in [0.15, 0.2) is 0 Å². The summed E-state index contributed by atoms with van der Waals surface area (Å²) in [5, 5.41) is 2.43. The summed E-state index contributed by atoms with van der Waals surface area (Å²) < 4.78 is 21.3. The standard InChI is InChI=1S/C37H45BO3Si/c1-7-34-28(2)35(40-38(39-34)31-22-14-9-15-23-31)29(3)36(30-20-12-8-13-21-30)41-42(37(4,5)6,32-24-16-10-17-25-32)33-26-18-11-19-27-33/h8-29,34-36H,7H2,1-6H3/t28-,29-,34?,35?,36?/m1/s1. The van der Waals surface area contributed by atoms with Gasteiger partial charge in [-0.25, -0.2) is 0 Å². The summed E-state index contributed by atoms with van der Waals surface area (Å²) in [4.78, 5) is 0. The zero-order valence-corrected chi connectivity index (χ0v) is 26.9. The highest BCUT2D eigenvalue weighted by Crippen LogP contribution is 2.44. The summed E-state index contributed by atoms with van der Waals surface area (Å²) in [7, 11) is -3.24. The lowest BCUT2D eigenvalue weighted by Gasteiger charge is -2.49. The molecule has 4 aromatic carbocycles. The smallest absolute Gasteiger partial charge is 0.404 e. The van der Waals surface area contributed by atoms with Gasteiger partial charge >= 0.3 is 7.12 Å². The Kier molecular flexibility index (Phi) is 9.54. The van der Waals surface area contributed by atoms with Gasteiger partial charge in [-0.2, -0.15) is 0 Å². The van der Waals surface area contributed by atoms with E-state index in [0.29, 0.717) is 0 Å². The average molecular weight is 577 g/mol. The molecule has 1 aliphatic rings. The van der Waals surface area contributed by atoms with Crippen molar-refractivity contribution in [1.82, 2.24) is 0 Å². The quantitative estimate of drug-likeness (QED) is 0.198. The van der Waals surface area contributed by atoms with Crippen LogP contribution in [-0.4, -0.2) is 27.6 Å². The Bertz CT molecular complexity index is 1340. The maximum atomic E-state index is 7.85. The molecule has 3 nitrogen and oxygen atoms in total. The van der Waals surface area contributed by atoms with E-state index in [4.69, 9.17) is 13.7 Å². The second-order valence-corrected chi connectivity index (χ2v) is 17.0. The summed E-state index contributed by atoms with van der Waals surface area (Å²) in [6.07, 6.45) is 0.790. The highest BCUT2D eigenvalue weighted by molar-refractivity contribution is 6.99. The molecule has 0 saturated carbocycles. The number of hydrogen-bond acceptors (Lipinski definition) is 3. The van der Waals surface area contributed by atoms with E-state index in [1.165, 1.54) is 15.9 Å². The van der Waals surface area contributed by atoms with Gasteiger partial charge in [-0.1, -0.05) is 163 Å². The fourth-order valence-corrected chi connectivity index (χ4v) is 11.6. The molecule has 1 heterocycles. The minimum Gasteiger partial charge on any atom is -0.404 e. The van der Waals surface area contributed by atoms with Crippen LogP contribution >= 0.6 is 0 Å². The van der Waals surface area contributed by atoms with Gasteiger partial charge in [0.2, 0.25) is 0 Å². The predicted octanol–water partition coefficient (Wildman–Crippen LogP) is 7.17. The molecule has 0 bridgehead atoms. The third-order valence-corrected chi connectivity index (χ3v) is 14.0. The highest BCUT2D eigenvalue weighted by Gasteiger charge is 2.53. The van der Waals surface area contributed by atoms with Crippen molar-refractivity contribution in [3.63, 3.8) is 0 Å². The van der Waals surface area contributed by atoms with Crippen molar-refractivity contribution in [2.75, 3.05) is 0 Å². The van der Waals surface area contributed by atoms with E-state index in [9.17, 15) is 0 Å². The van der Waals surface area contributed by atoms with Crippen molar-refractivity contribution in [1.29, 1.82) is 0 Å². The topological polar surface area (TPSA) is 27.7 Å². The van der Waals surface area contributed by atoms with E-state index in [1.54, 1.807) is 0 Å². The van der Waals surface area contributed by atoms with Gasteiger partial charge < -0.3 is 13.7 Å². The largest absolute Gasteiger partial charge is 0.494 e. The minimum atomic E-state index is -2.84. The van der Waals surface area contributed by atoms with Crippen molar-refractivity contribution in [3.8, 4) is 0 Å². The van der Waals surface area contributed by atoms with Crippen LogP contribution in [0.5, 0.6) is 0 Å². The lowest BCUT2D eigenvalue weighted by atomic mass is 9.72. The normalized spacial score (nSPS) is 21.1. The summed E-state index contributed by atoms with van der Waals surface area (Å²) in [5.74, 6) is 0.271. The van der Waals surface area contributed by atoms with Gasteiger partial charge in [-0.15, -0.1) is 0 Å². The first-order valence-corrected chi connectivity index (χ1v) is 17.4. The predicted molar refractivity (Wildman–Crippen MR) is 178 cm³/mol. The van der Waals surface area contributed by atoms with Gasteiger partial charge in [-0.05, 0) is 32.9 Å². The van der Waals surface area contributed by atoms with Crippen LogP contribution in [0.2, 0.25) is 5.04 Å². The van der Waals surface area contributed by atoms with Crippen LogP contribution in [-0.2, 0) is 13.7 Å². The molecule has 1 saturated heterocycles. The summed E-state index contributed by atoms with van der Waals surface area (Å²) in [6.45, 7) is 13.8. The van der Waals surface area contributed by atoms with Crippen molar-refractivity contribution in [2.45, 2.75) is 71.3 Å². The zero-order valence-electron chi connectivity index (χ0n) is 25.9. The van der Waals surface area contributed by atoms with Crippen molar-refractivity contribution < 1.29 is 13.7 Å². The maximum absolute atomic E-state index is 7.85. The van der Waals surface area contributed by atoms with Crippen molar-refractivity contribution >= 4 is 31.3 Å². The molecule has 218 valence electrons. The third-order valence-electron chi connectivity index (χ3n) is 9.00. The lowest BCUT2D eigenvalue weighted by molar-refractivity contribution is -0.0745. The van der Waals surface area contributed by atoms with Crippen LogP contribution in [0.25, 0.3) is 0 Å². The Hall–Kier alpha value is -2.96. The Balaban J connectivity index is 1.63. The molecule has 0 aromatic heterocycles. The van der Waals surface area contributed by atoms with Crippen LogP contribution < -0.4 is 15.8 Å². The van der Waals surface area contributed by atoms with Gasteiger partial charge in [0.25, 0.3) is 8.32 Å². The maximum Gasteiger partial charge on any atom is 0.494 e. The summed E-state index contributed by atoms with van der Waals surface area (Å²) >= 11 is 0. The van der Waals surface area contributed by atoms with E-state index in [1.807, 2.05) is 6.07 Å². The van der Waals surface area contributed by atoms with E-state index in [-0.39, 0.29) is 35.2 Å². The minimum absolute atomic E-state index is 0.0580. The highest BCUT2D eigenvalue weighted by atomic mass is 28.4. The molecule has 42 heavy (non-hydrogen) atoms. The molecule has 0 amide bonds. The van der Waals surface area contributed by atoms with Gasteiger partial charge in [0.1, 0.15) is 0 Å². The molecule has 0 radical (unpaired) electrons. The Labute approximate surface area is 254 Å². The zero-order chi connectivity index (χ0) is 29.7. The monoisotopic (exact) mass is 576 g/mol. The summed E-state index contributed by atoms with van der Waals surface area (Å²) in [5.41, 5.74) is 2.24. The second kappa shape index (κ2) is 13.1. The molecule has 3 unspecified atom stereocenters. The van der Waals surface area contributed by atoms with Gasteiger partial charge in [0.05, 0.1) is 12.2 Å². The Morgan fingerprint density at radius 2 is 1.21 bits per heavy atom. The lowest BCUT2D eigenvalue weighted by Crippen LogP contribution is -2.67. The molecule has 1 fully saturated rings. The van der Waals surface area contributed by atoms with Gasteiger partial charge in [0, 0.05) is 17.9 Å². The number of rotatable bonds is 9. The summed E-state index contributed by atoms with van der Waals surface area (Å²) in [6, 6.07) is 43.0. The molecule has 0 aliphatic carbocycles. The van der Waals surface area contributed by atoms with Crippen LogP contribution in [0.4, 0.5) is 0 Å². The van der Waals surface area contributed by atoms with E-state index < -0.39 is 15.4 Å². The first-order chi connectivity index (χ1) is 20.3. The average Bonchev–Trinajstić information content (AvgIpc) is 3.02. The molecule has 0 spiro atoms. The third kappa shape index (κ3) is 6.07. The first kappa shape index (κ1) is 30.5. The molecular weight excluding hydrogens is 531 g/mol. The van der Waals surface area contributed by atoms with E-state index in [0.717, 1.165) is 11.9 Å². The molecular formula is C37H45BO3Si. The Morgan fingerprint density at radius 3 is 1.69 bits per heavy atom. The Morgan fingerprint density at radius 1 is 0.738 bits per heavy atom. The SMILES string of the molecule is CCC1OB(c2ccccc2)OC([C@@H](C)C(O[Si](c2ccccc2)(c2ccccc2)C(C)(C)C)c2ccccc2)[C@@H]1C. The number of benzene rings is 4. The van der Waals surface area contributed by atoms with Crippen LogP contribution in [0.3, 0.4) is 0 Å². The molecule has 1 aliphatic heterocycles. The van der Waals surface area contributed by atoms with E-state index >= 15 is 0 Å². The molecule has 4 aromatic rings. The molecule has 5 atom stereocenters. The van der Waals surface area contributed by atoms with Gasteiger partial charge in [-0.3, -0.25) is 0 Å². The van der Waals surface area contributed by atoms with Crippen LogP contribution in [0.1, 0.15) is 59.6 Å². The van der Waals surface area contributed by atoms with Crippen molar-refractivity contribution in [2.24, 2.45) is 11.8 Å². The molecule has 5 rings (SSSR count). The van der Waals surface area contributed by atoms with E-state index in [2.05, 4.69) is 157 Å². The van der Waals surface area contributed by atoms with Crippen molar-refractivity contribution in [3.05, 3.63) is 127 Å². The van der Waals surface area contributed by atoms with Crippen LogP contribution in [0, 0.1) is 11.8 Å². The first-order valence-electron chi connectivity index (χ1n) is 15.5. The second-order valence-electron chi connectivity index (χ2n) is 12.8.